The second kappa shape index (κ2) is 16.3. The Morgan fingerprint density at radius 3 is 1.98 bits per heavy atom. The van der Waals surface area contributed by atoms with E-state index in [9.17, 15) is 24.0 Å². The summed E-state index contributed by atoms with van der Waals surface area (Å²) in [5, 5.41) is 11.1. The Bertz CT molecular complexity index is 2130. The fourth-order valence-corrected chi connectivity index (χ4v) is 11.9. The summed E-state index contributed by atoms with van der Waals surface area (Å²) in [5.74, 6) is 1.49. The number of ether oxygens (including phenoxy) is 3. The maximum Gasteiger partial charge on any atom is 0.413 e. The van der Waals surface area contributed by atoms with Gasteiger partial charge in [0.1, 0.15) is 35.5 Å². The average molecular weight is 807 g/mol. The first-order valence-electron chi connectivity index (χ1n) is 21.0. The highest BCUT2D eigenvalue weighted by atomic mass is 16.6. The summed E-state index contributed by atoms with van der Waals surface area (Å²) in [4.78, 5) is 75.0. The highest BCUT2D eigenvalue weighted by molar-refractivity contribution is 6.08. The van der Waals surface area contributed by atoms with Crippen molar-refractivity contribution >= 4 is 53.2 Å². The molecule has 0 radical (unpaired) electrons. The van der Waals surface area contributed by atoms with Crippen molar-refractivity contribution in [3.05, 3.63) is 71.8 Å². The van der Waals surface area contributed by atoms with E-state index in [2.05, 4.69) is 52.0 Å². The van der Waals surface area contributed by atoms with Crippen LogP contribution in [0.5, 0.6) is 0 Å². The minimum Gasteiger partial charge on any atom is -0.469 e. The number of fused-ring (bicyclic) bond motifs is 9. The van der Waals surface area contributed by atoms with Crippen LogP contribution in [0, 0.1) is 46.3 Å². The monoisotopic (exact) mass is 806 g/mol. The predicted octanol–water partition coefficient (Wildman–Crippen LogP) is 8.69. The number of carbonyl (C=O) groups excluding carboxylic acids is 5. The molecule has 4 aliphatic carbocycles. The molecule has 4 fully saturated rings. The van der Waals surface area contributed by atoms with E-state index in [1.807, 2.05) is 0 Å². The number of nitrogens with zero attached hydrogens (tertiary/aromatic N) is 2. The molecule has 6 aliphatic rings. The largest absolute Gasteiger partial charge is 0.469 e. The lowest BCUT2D eigenvalue weighted by Crippen LogP contribution is -2.60. The van der Waals surface area contributed by atoms with Crippen molar-refractivity contribution in [1.82, 2.24) is 9.97 Å². The summed E-state index contributed by atoms with van der Waals surface area (Å²) in [7, 11) is 1.42. The maximum atomic E-state index is 14.0. The summed E-state index contributed by atoms with van der Waals surface area (Å²) >= 11 is 0. The van der Waals surface area contributed by atoms with E-state index >= 15 is 0 Å². The van der Waals surface area contributed by atoms with Crippen LogP contribution in [0.4, 0.5) is 32.9 Å². The first kappa shape index (κ1) is 40.3. The van der Waals surface area contributed by atoms with Crippen LogP contribution in [-0.2, 0) is 19.0 Å². The second-order valence-electron chi connectivity index (χ2n) is 17.8. The lowest BCUT2D eigenvalue weighted by Gasteiger charge is -2.62. The van der Waals surface area contributed by atoms with Gasteiger partial charge in [0.05, 0.1) is 7.11 Å². The van der Waals surface area contributed by atoms with E-state index in [4.69, 9.17) is 14.2 Å². The topological polar surface area (TPSA) is 187 Å². The Morgan fingerprint density at radius 1 is 0.763 bits per heavy atom. The van der Waals surface area contributed by atoms with Crippen molar-refractivity contribution < 1.29 is 38.2 Å². The van der Waals surface area contributed by atoms with Crippen LogP contribution in [0.2, 0.25) is 0 Å². The lowest BCUT2D eigenvalue weighted by atomic mass is 9.43. The van der Waals surface area contributed by atoms with Gasteiger partial charge in [0.2, 0.25) is 0 Å². The Morgan fingerprint density at radius 2 is 1.36 bits per heavy atom. The fourth-order valence-electron chi connectivity index (χ4n) is 11.9. The van der Waals surface area contributed by atoms with Crippen LogP contribution in [-0.4, -0.2) is 59.3 Å². The number of aromatic nitrogens is 2. The number of esters is 1. The molecule has 0 saturated heterocycles. The molecular formula is C45H54N6O8. The van der Waals surface area contributed by atoms with Crippen LogP contribution in [0.25, 0.3) is 0 Å². The van der Waals surface area contributed by atoms with Crippen LogP contribution in [0.3, 0.4) is 0 Å². The number of carbonyl (C=O) groups is 5. The van der Waals surface area contributed by atoms with Gasteiger partial charge in [-0.05, 0) is 141 Å². The molecule has 59 heavy (non-hydrogen) atoms. The zero-order valence-corrected chi connectivity index (χ0v) is 34.1. The number of rotatable bonds is 4. The molecule has 14 nitrogen and oxygen atoms in total. The minimum absolute atomic E-state index is 0.0429. The van der Waals surface area contributed by atoms with Crippen LogP contribution >= 0.6 is 0 Å². The Kier molecular flexibility index (Phi) is 11.1. The summed E-state index contributed by atoms with van der Waals surface area (Å²) < 4.78 is 17.6. The van der Waals surface area contributed by atoms with E-state index in [0.717, 1.165) is 38.5 Å². The smallest absolute Gasteiger partial charge is 0.413 e. The highest BCUT2D eigenvalue weighted by Crippen LogP contribution is 2.69. The number of benzene rings is 1. The summed E-state index contributed by atoms with van der Waals surface area (Å²) in [6.07, 6.45) is 6.33. The molecule has 4 heterocycles. The zero-order chi connectivity index (χ0) is 41.5. The number of nitrogens with one attached hydrogen (secondary N) is 4. The van der Waals surface area contributed by atoms with Gasteiger partial charge in [-0.1, -0.05) is 39.0 Å². The molecule has 1 unspecified atom stereocenters. The van der Waals surface area contributed by atoms with Crippen molar-refractivity contribution in [2.75, 3.05) is 28.4 Å². The normalized spacial score (nSPS) is 32.2. The Labute approximate surface area is 344 Å². The molecule has 312 valence electrons. The third-order valence-corrected chi connectivity index (χ3v) is 14.8. The minimum atomic E-state index is -0.614. The van der Waals surface area contributed by atoms with Gasteiger partial charge in [-0.2, -0.15) is 0 Å². The third kappa shape index (κ3) is 7.97. The molecule has 2 aliphatic heterocycles. The second-order valence-corrected chi connectivity index (χ2v) is 17.8. The van der Waals surface area contributed by atoms with Crippen LogP contribution in [0.1, 0.15) is 106 Å². The molecule has 10 atom stereocenters. The van der Waals surface area contributed by atoms with Gasteiger partial charge in [0, 0.05) is 23.0 Å². The van der Waals surface area contributed by atoms with Crippen molar-refractivity contribution in [2.24, 2.45) is 46.3 Å². The van der Waals surface area contributed by atoms with Crippen molar-refractivity contribution in [2.45, 2.75) is 97.2 Å². The number of pyridine rings is 2. The molecule has 1 aromatic carbocycles. The Hall–Kier alpha value is -5.53. The summed E-state index contributed by atoms with van der Waals surface area (Å²) in [6.45, 7) is 6.93. The lowest BCUT2D eigenvalue weighted by molar-refractivity contribution is -0.174. The molecule has 3 aromatic rings. The van der Waals surface area contributed by atoms with Gasteiger partial charge >= 0.3 is 18.2 Å². The van der Waals surface area contributed by atoms with Crippen LogP contribution in [0.15, 0.2) is 60.7 Å². The average Bonchev–Trinajstić information content (AvgIpc) is 3.58. The molecule has 14 heteroatoms. The Balaban J connectivity index is 1.11. The number of amides is 4. The first-order valence-corrected chi connectivity index (χ1v) is 21.0. The SMILES string of the molecule is COC(=O)CC[C@@H](C)[C@H]1CC[C@H]2[C@@H]3CCC4C[C@H]5CC[C@]4(C)[C@H]3C[C@H](OC(=O)Nc3cccc(n3)NC(=O)c3cccc(c3)C(=O)Nc3cccc(n3)NC(=O)O5)[C@]12C. The highest BCUT2D eigenvalue weighted by Gasteiger charge is 2.65. The van der Waals surface area contributed by atoms with E-state index in [0.29, 0.717) is 49.4 Å². The zero-order valence-electron chi connectivity index (χ0n) is 34.1. The van der Waals surface area contributed by atoms with Crippen molar-refractivity contribution in [1.29, 1.82) is 0 Å². The first-order chi connectivity index (χ1) is 28.3. The molecule has 4 N–H and O–H groups in total. The van der Waals surface area contributed by atoms with E-state index in [1.54, 1.807) is 54.6 Å². The summed E-state index contributed by atoms with van der Waals surface area (Å²) in [6, 6.07) is 16.0. The van der Waals surface area contributed by atoms with Gasteiger partial charge < -0.3 is 24.8 Å². The number of hydrogen-bond acceptors (Lipinski definition) is 10. The quantitative estimate of drug-likeness (QED) is 0.147. The van der Waals surface area contributed by atoms with Gasteiger partial charge in [0.15, 0.2) is 0 Å². The van der Waals surface area contributed by atoms with E-state index in [-0.39, 0.29) is 69.1 Å². The molecule has 11 bridgehead atoms. The van der Waals surface area contributed by atoms with E-state index in [1.165, 1.54) is 13.2 Å². The number of methoxy groups -OCH3 is 1. The molecule has 4 saturated carbocycles. The van der Waals surface area contributed by atoms with Crippen molar-refractivity contribution in [3.8, 4) is 0 Å². The van der Waals surface area contributed by atoms with Gasteiger partial charge in [-0.25, -0.2) is 19.6 Å². The summed E-state index contributed by atoms with van der Waals surface area (Å²) in [5.41, 5.74) is 0.0614. The predicted molar refractivity (Wildman–Crippen MR) is 220 cm³/mol. The molecular weight excluding hydrogens is 753 g/mol. The number of anilines is 4. The molecule has 9 rings (SSSR count). The maximum absolute atomic E-state index is 14.0. The molecule has 4 amide bonds. The third-order valence-electron chi connectivity index (χ3n) is 14.8. The standard InChI is InChI=1S/C45H54N6O8/c1-25(14-19-39(52)57-4)31-17-18-32-30-16-15-28-23-29-20-21-44(28,2)33(30)24-34(45(31,32)3)59-43(56)51-38-13-7-11-36(47-38)49-41(54)27-9-5-8-26(22-27)40(53)48-35-10-6-12-37(46-35)50-42(55)58-29/h5-13,22,25,28-34H,14-21,23-24H2,1-4H3,(H2,46,48,50,53,55)(H2,47,49,51,54,56)/t25-,28?,29-,30+,31-,32+,33+,34+,44+,45-/m1/s1. The van der Waals surface area contributed by atoms with Crippen LogP contribution < -0.4 is 21.3 Å². The fraction of sp³-hybridized carbons (Fsp3) is 0.533. The molecule has 0 spiro atoms. The van der Waals surface area contributed by atoms with E-state index < -0.39 is 30.1 Å². The van der Waals surface area contributed by atoms with Crippen molar-refractivity contribution in [3.63, 3.8) is 0 Å². The molecule has 2 aromatic heterocycles. The van der Waals surface area contributed by atoms with Gasteiger partial charge in [-0.15, -0.1) is 0 Å². The number of hydrogen-bond donors (Lipinski definition) is 4. The van der Waals surface area contributed by atoms with Gasteiger partial charge in [-0.3, -0.25) is 25.0 Å². The van der Waals surface area contributed by atoms with Gasteiger partial charge in [0.25, 0.3) is 11.8 Å².